The number of hydrogen-bond donors (Lipinski definition) is 0. The molecule has 1 saturated heterocycles. The number of piperidine rings is 1. The summed E-state index contributed by atoms with van der Waals surface area (Å²) < 4.78 is 5.95. The second-order valence-corrected chi connectivity index (χ2v) is 6.09. The summed E-state index contributed by atoms with van der Waals surface area (Å²) in [6.45, 7) is 6.95. The topological polar surface area (TPSA) is 38.2 Å². The van der Waals surface area contributed by atoms with E-state index in [0.717, 1.165) is 37.0 Å². The van der Waals surface area contributed by atoms with Crippen molar-refractivity contribution in [1.82, 2.24) is 9.97 Å². The van der Waals surface area contributed by atoms with E-state index in [1.165, 1.54) is 18.4 Å². The number of ether oxygens (including phenoxy) is 1. The van der Waals surface area contributed by atoms with Gasteiger partial charge in [0.25, 0.3) is 0 Å². The van der Waals surface area contributed by atoms with Gasteiger partial charge in [0.1, 0.15) is 11.6 Å². The fraction of sp³-hybridized carbons (Fsp3) is 0.444. The molecule has 1 fully saturated rings. The maximum absolute atomic E-state index is 5.95. The first-order valence-electron chi connectivity index (χ1n) is 7.94. The van der Waals surface area contributed by atoms with Crippen LogP contribution in [-0.2, 0) is 0 Å². The summed E-state index contributed by atoms with van der Waals surface area (Å²) in [5.74, 6) is 2.55. The normalized spacial score (nSPS) is 18.3. The van der Waals surface area contributed by atoms with E-state index >= 15 is 0 Å². The molecule has 3 heterocycles. The number of anilines is 1. The van der Waals surface area contributed by atoms with Crippen molar-refractivity contribution in [2.24, 2.45) is 5.92 Å². The minimum absolute atomic E-state index is 0.546. The van der Waals surface area contributed by atoms with E-state index in [-0.39, 0.29) is 0 Å². The molecule has 0 saturated carbocycles. The summed E-state index contributed by atoms with van der Waals surface area (Å²) in [5.41, 5.74) is 2.25. The van der Waals surface area contributed by atoms with Gasteiger partial charge in [-0.3, -0.25) is 4.98 Å². The molecule has 0 amide bonds. The zero-order chi connectivity index (χ0) is 15.4. The lowest BCUT2D eigenvalue weighted by Gasteiger charge is -2.33. The summed E-state index contributed by atoms with van der Waals surface area (Å²) in [4.78, 5) is 11.1. The van der Waals surface area contributed by atoms with Crippen molar-refractivity contribution in [2.45, 2.75) is 26.7 Å². The van der Waals surface area contributed by atoms with Gasteiger partial charge >= 0.3 is 0 Å². The van der Waals surface area contributed by atoms with Crippen LogP contribution in [0.25, 0.3) is 0 Å². The Balaban J connectivity index is 1.59. The number of nitrogens with zero attached hydrogens (tertiary/aromatic N) is 3. The van der Waals surface area contributed by atoms with Gasteiger partial charge in [0.2, 0.25) is 0 Å². The molecule has 0 aliphatic carbocycles. The van der Waals surface area contributed by atoms with Crippen LogP contribution in [-0.4, -0.2) is 29.7 Å². The molecule has 0 aromatic carbocycles. The zero-order valence-corrected chi connectivity index (χ0v) is 13.3. The summed E-state index contributed by atoms with van der Waals surface area (Å²) in [6, 6.07) is 8.12. The Morgan fingerprint density at radius 1 is 1.18 bits per heavy atom. The fourth-order valence-corrected chi connectivity index (χ4v) is 2.93. The van der Waals surface area contributed by atoms with Crippen molar-refractivity contribution in [2.75, 3.05) is 24.6 Å². The van der Waals surface area contributed by atoms with Crippen LogP contribution in [0.3, 0.4) is 0 Å². The molecular formula is C18H23N3O. The van der Waals surface area contributed by atoms with Crippen LogP contribution in [0.1, 0.15) is 24.1 Å². The van der Waals surface area contributed by atoms with Crippen LogP contribution in [0.5, 0.6) is 5.75 Å². The lowest BCUT2D eigenvalue weighted by molar-refractivity contribution is 0.228. The highest BCUT2D eigenvalue weighted by Crippen LogP contribution is 2.23. The van der Waals surface area contributed by atoms with Crippen molar-refractivity contribution >= 4 is 5.82 Å². The molecule has 0 spiro atoms. The molecule has 3 rings (SSSR count). The molecule has 1 unspecified atom stereocenters. The van der Waals surface area contributed by atoms with Gasteiger partial charge < -0.3 is 9.64 Å². The number of aromatic nitrogens is 2. The Labute approximate surface area is 132 Å². The minimum atomic E-state index is 0.546. The molecule has 2 aromatic heterocycles. The van der Waals surface area contributed by atoms with Crippen LogP contribution >= 0.6 is 0 Å². The van der Waals surface area contributed by atoms with E-state index in [2.05, 4.69) is 27.9 Å². The van der Waals surface area contributed by atoms with Crippen LogP contribution < -0.4 is 9.64 Å². The third-order valence-corrected chi connectivity index (χ3v) is 4.10. The number of rotatable bonds is 4. The van der Waals surface area contributed by atoms with E-state index < -0.39 is 0 Å². The van der Waals surface area contributed by atoms with E-state index in [1.54, 1.807) is 6.20 Å². The highest BCUT2D eigenvalue weighted by Gasteiger charge is 2.21. The summed E-state index contributed by atoms with van der Waals surface area (Å²) in [5, 5.41) is 0. The van der Waals surface area contributed by atoms with Gasteiger partial charge in [0.15, 0.2) is 0 Å². The second kappa shape index (κ2) is 6.77. The third kappa shape index (κ3) is 3.75. The van der Waals surface area contributed by atoms with Crippen LogP contribution in [0, 0.1) is 19.8 Å². The van der Waals surface area contributed by atoms with Gasteiger partial charge in [0, 0.05) is 43.2 Å². The van der Waals surface area contributed by atoms with Crippen molar-refractivity contribution in [3.63, 3.8) is 0 Å². The maximum atomic E-state index is 5.95. The number of pyridine rings is 2. The number of aryl methyl sites for hydroxylation is 2. The minimum Gasteiger partial charge on any atom is -0.493 e. The Morgan fingerprint density at radius 3 is 2.86 bits per heavy atom. The second-order valence-electron chi connectivity index (χ2n) is 6.09. The molecule has 1 aliphatic rings. The molecular weight excluding hydrogens is 274 g/mol. The van der Waals surface area contributed by atoms with Gasteiger partial charge in [-0.05, 0) is 50.5 Å². The molecule has 4 nitrogen and oxygen atoms in total. The van der Waals surface area contributed by atoms with Crippen molar-refractivity contribution in [1.29, 1.82) is 0 Å². The monoisotopic (exact) mass is 297 g/mol. The Hall–Kier alpha value is -2.10. The molecule has 0 N–H and O–H groups in total. The van der Waals surface area contributed by atoms with Gasteiger partial charge in [-0.15, -0.1) is 0 Å². The smallest absolute Gasteiger partial charge is 0.128 e. The van der Waals surface area contributed by atoms with Crippen LogP contribution in [0.4, 0.5) is 5.82 Å². The highest BCUT2D eigenvalue weighted by atomic mass is 16.5. The zero-order valence-electron chi connectivity index (χ0n) is 13.3. The Morgan fingerprint density at radius 2 is 2.05 bits per heavy atom. The third-order valence-electron chi connectivity index (χ3n) is 4.10. The SMILES string of the molecule is Cc1ccnc(N2CCCC(COc3ccnc(C)c3)C2)c1. The van der Waals surface area contributed by atoms with Crippen molar-refractivity contribution in [3.8, 4) is 5.75 Å². The first kappa shape index (κ1) is 14.8. The van der Waals surface area contributed by atoms with E-state index in [9.17, 15) is 0 Å². The fourth-order valence-electron chi connectivity index (χ4n) is 2.93. The van der Waals surface area contributed by atoms with Gasteiger partial charge in [0.05, 0.1) is 6.61 Å². The Kier molecular flexibility index (Phi) is 4.56. The van der Waals surface area contributed by atoms with E-state index in [1.807, 2.05) is 31.3 Å². The standard InChI is InChI=1S/C18H23N3O/c1-14-5-7-20-18(10-14)21-9-3-4-16(12-21)13-22-17-6-8-19-15(2)11-17/h5-8,10-11,16H,3-4,9,12-13H2,1-2H3. The highest BCUT2D eigenvalue weighted by molar-refractivity contribution is 5.41. The van der Waals surface area contributed by atoms with Gasteiger partial charge in [-0.1, -0.05) is 0 Å². The van der Waals surface area contributed by atoms with Gasteiger partial charge in [-0.25, -0.2) is 4.98 Å². The summed E-state index contributed by atoms with van der Waals surface area (Å²) in [7, 11) is 0. The maximum Gasteiger partial charge on any atom is 0.128 e. The van der Waals surface area contributed by atoms with E-state index in [4.69, 9.17) is 4.74 Å². The molecule has 22 heavy (non-hydrogen) atoms. The van der Waals surface area contributed by atoms with Gasteiger partial charge in [-0.2, -0.15) is 0 Å². The average molecular weight is 297 g/mol. The predicted molar refractivity (Wildman–Crippen MR) is 88.4 cm³/mol. The number of hydrogen-bond acceptors (Lipinski definition) is 4. The summed E-state index contributed by atoms with van der Waals surface area (Å²) >= 11 is 0. The van der Waals surface area contributed by atoms with Crippen molar-refractivity contribution in [3.05, 3.63) is 47.9 Å². The van der Waals surface area contributed by atoms with E-state index in [0.29, 0.717) is 5.92 Å². The quantitative estimate of drug-likeness (QED) is 0.867. The molecule has 1 aliphatic heterocycles. The average Bonchev–Trinajstić information content (AvgIpc) is 2.53. The predicted octanol–water partition coefficient (Wildman–Crippen LogP) is 3.39. The largest absolute Gasteiger partial charge is 0.493 e. The summed E-state index contributed by atoms with van der Waals surface area (Å²) in [6.07, 6.45) is 6.10. The molecule has 0 bridgehead atoms. The molecule has 116 valence electrons. The van der Waals surface area contributed by atoms with Crippen LogP contribution in [0.15, 0.2) is 36.7 Å². The first-order chi connectivity index (χ1) is 10.7. The lowest BCUT2D eigenvalue weighted by atomic mass is 9.99. The molecule has 4 heteroatoms. The molecule has 0 radical (unpaired) electrons. The molecule has 2 aromatic rings. The van der Waals surface area contributed by atoms with Crippen LogP contribution in [0.2, 0.25) is 0 Å². The Bertz CT molecular complexity index is 629. The molecule has 1 atom stereocenters. The van der Waals surface area contributed by atoms with Crippen molar-refractivity contribution < 1.29 is 4.74 Å². The lowest BCUT2D eigenvalue weighted by Crippen LogP contribution is -2.38. The first-order valence-corrected chi connectivity index (χ1v) is 7.94.